The fourth-order valence-electron chi connectivity index (χ4n) is 1.97. The zero-order valence-electron chi connectivity index (χ0n) is 13.5. The number of thiocarbonyl (C=S) groups is 1. The van der Waals surface area contributed by atoms with Crippen molar-refractivity contribution in [3.05, 3.63) is 64.7 Å². The molecule has 0 aliphatic heterocycles. The molecule has 9 heteroatoms. The van der Waals surface area contributed by atoms with Gasteiger partial charge in [0.2, 0.25) is 3.79 Å². The maximum atomic E-state index is 12.4. The van der Waals surface area contributed by atoms with E-state index in [0.29, 0.717) is 16.3 Å². The Hall–Kier alpha value is -1.24. The molecule has 138 valence electrons. The monoisotopic (exact) mass is 449 g/mol. The van der Waals surface area contributed by atoms with Gasteiger partial charge in [-0.15, -0.1) is 0 Å². The second-order valence-electron chi connectivity index (χ2n) is 5.39. The number of anilines is 1. The van der Waals surface area contributed by atoms with Crippen LogP contribution in [-0.2, 0) is 0 Å². The van der Waals surface area contributed by atoms with E-state index in [1.807, 2.05) is 19.1 Å². The van der Waals surface area contributed by atoms with E-state index < -0.39 is 15.9 Å². The van der Waals surface area contributed by atoms with Crippen LogP contribution in [0.1, 0.15) is 15.9 Å². The zero-order chi connectivity index (χ0) is 19.3. The summed E-state index contributed by atoms with van der Waals surface area (Å²) < 4.78 is -1.84. The van der Waals surface area contributed by atoms with E-state index in [4.69, 9.17) is 58.6 Å². The second kappa shape index (κ2) is 9.11. The quantitative estimate of drug-likeness (QED) is 0.346. The normalized spacial score (nSPS) is 12.2. The fraction of sp³-hybridized carbons (Fsp3) is 0.176. The van der Waals surface area contributed by atoms with Gasteiger partial charge in [-0.25, -0.2) is 0 Å². The lowest BCUT2D eigenvalue weighted by atomic mass is 10.1. The SMILES string of the molecule is Cc1ccc(C(=O)N[C@@H](NC(=S)Nc2ccccc2Cl)C(Cl)(Cl)Cl)cc1. The van der Waals surface area contributed by atoms with Gasteiger partial charge in [-0.2, -0.15) is 0 Å². The van der Waals surface area contributed by atoms with Crippen molar-refractivity contribution in [1.29, 1.82) is 0 Å². The molecule has 0 unspecified atom stereocenters. The van der Waals surface area contributed by atoms with Gasteiger partial charge in [-0.1, -0.05) is 76.2 Å². The third-order valence-corrected chi connectivity index (χ3v) is 4.52. The summed E-state index contributed by atoms with van der Waals surface area (Å²) in [6, 6.07) is 14.0. The minimum atomic E-state index is -1.84. The Labute approximate surface area is 177 Å². The number of benzene rings is 2. The van der Waals surface area contributed by atoms with Crippen LogP contribution in [0.4, 0.5) is 5.69 Å². The summed E-state index contributed by atoms with van der Waals surface area (Å²) >= 11 is 29.2. The van der Waals surface area contributed by atoms with Crippen LogP contribution in [0.3, 0.4) is 0 Å². The molecule has 26 heavy (non-hydrogen) atoms. The van der Waals surface area contributed by atoms with Crippen molar-refractivity contribution < 1.29 is 4.79 Å². The van der Waals surface area contributed by atoms with Gasteiger partial charge in [-0.05, 0) is 43.4 Å². The number of carbonyl (C=O) groups is 1. The summed E-state index contributed by atoms with van der Waals surface area (Å²) in [5, 5.41) is 8.91. The lowest BCUT2D eigenvalue weighted by Crippen LogP contribution is -2.56. The molecule has 0 radical (unpaired) electrons. The average Bonchev–Trinajstić information content (AvgIpc) is 2.56. The zero-order valence-corrected chi connectivity index (χ0v) is 17.4. The lowest BCUT2D eigenvalue weighted by molar-refractivity contribution is 0.0934. The van der Waals surface area contributed by atoms with Crippen LogP contribution in [0.15, 0.2) is 48.5 Å². The lowest BCUT2D eigenvalue weighted by Gasteiger charge is -2.28. The Morgan fingerprint density at radius 1 is 1.04 bits per heavy atom. The summed E-state index contributed by atoms with van der Waals surface area (Å²) in [7, 11) is 0. The average molecular weight is 451 g/mol. The van der Waals surface area contributed by atoms with Crippen LogP contribution in [0.2, 0.25) is 5.02 Å². The standard InChI is InChI=1S/C17H15Cl4N3OS/c1-10-6-8-11(9-7-10)14(25)23-15(17(19,20)21)24-16(26)22-13-5-3-2-4-12(13)18/h2-9,15H,1H3,(H,23,25)(H2,22,24,26)/t15-/m0/s1. The molecular weight excluding hydrogens is 436 g/mol. The van der Waals surface area contributed by atoms with Gasteiger partial charge >= 0.3 is 0 Å². The molecule has 0 heterocycles. The highest BCUT2D eigenvalue weighted by Gasteiger charge is 2.34. The smallest absolute Gasteiger partial charge is 0.252 e. The first-order chi connectivity index (χ1) is 12.2. The van der Waals surface area contributed by atoms with E-state index in [2.05, 4.69) is 16.0 Å². The van der Waals surface area contributed by atoms with Crippen LogP contribution in [0, 0.1) is 6.92 Å². The van der Waals surface area contributed by atoms with Crippen molar-refractivity contribution >= 4 is 75.3 Å². The number of nitrogens with one attached hydrogen (secondary N) is 3. The Bertz CT molecular complexity index is 793. The number of carbonyl (C=O) groups excluding carboxylic acids is 1. The molecule has 2 aromatic carbocycles. The van der Waals surface area contributed by atoms with E-state index in [1.165, 1.54) is 0 Å². The third kappa shape index (κ3) is 6.18. The van der Waals surface area contributed by atoms with Crippen LogP contribution < -0.4 is 16.0 Å². The number of hydrogen-bond acceptors (Lipinski definition) is 2. The number of halogens is 4. The molecule has 0 saturated carbocycles. The molecule has 2 rings (SSSR count). The molecule has 1 atom stereocenters. The van der Waals surface area contributed by atoms with E-state index in [0.717, 1.165) is 5.56 Å². The van der Waals surface area contributed by atoms with Crippen molar-refractivity contribution in [3.63, 3.8) is 0 Å². The van der Waals surface area contributed by atoms with Gasteiger partial charge in [0.15, 0.2) is 5.11 Å². The summed E-state index contributed by atoms with van der Waals surface area (Å²) in [4.78, 5) is 12.4. The molecular formula is C17H15Cl4N3OS. The van der Waals surface area contributed by atoms with E-state index in [1.54, 1.807) is 36.4 Å². The molecule has 3 N–H and O–H groups in total. The van der Waals surface area contributed by atoms with Crippen LogP contribution in [0.25, 0.3) is 0 Å². The first-order valence-electron chi connectivity index (χ1n) is 7.43. The van der Waals surface area contributed by atoms with Crippen LogP contribution >= 0.6 is 58.6 Å². The van der Waals surface area contributed by atoms with Crippen molar-refractivity contribution in [2.75, 3.05) is 5.32 Å². The van der Waals surface area contributed by atoms with Crippen molar-refractivity contribution in [2.24, 2.45) is 0 Å². The second-order valence-corrected chi connectivity index (χ2v) is 8.58. The molecule has 0 spiro atoms. The molecule has 0 aliphatic rings. The molecule has 4 nitrogen and oxygen atoms in total. The van der Waals surface area contributed by atoms with E-state index in [9.17, 15) is 4.79 Å². The Morgan fingerprint density at radius 3 is 2.23 bits per heavy atom. The van der Waals surface area contributed by atoms with Gasteiger partial charge in [0.25, 0.3) is 5.91 Å². The highest BCUT2D eigenvalue weighted by atomic mass is 35.6. The predicted molar refractivity (Wildman–Crippen MR) is 114 cm³/mol. The molecule has 0 saturated heterocycles. The van der Waals surface area contributed by atoms with Crippen molar-refractivity contribution in [2.45, 2.75) is 16.9 Å². The molecule has 2 aromatic rings. The Balaban J connectivity index is 2.07. The minimum Gasteiger partial charge on any atom is -0.339 e. The van der Waals surface area contributed by atoms with Gasteiger partial charge in [-0.3, -0.25) is 4.79 Å². The number of amides is 1. The topological polar surface area (TPSA) is 53.2 Å². The maximum Gasteiger partial charge on any atom is 0.252 e. The number of aryl methyl sites for hydroxylation is 1. The molecule has 1 amide bonds. The summed E-state index contributed by atoms with van der Waals surface area (Å²) in [5.41, 5.74) is 2.05. The van der Waals surface area contributed by atoms with E-state index in [-0.39, 0.29) is 5.11 Å². The summed E-state index contributed by atoms with van der Waals surface area (Å²) in [5.74, 6) is -0.408. The van der Waals surface area contributed by atoms with Crippen LogP contribution in [-0.4, -0.2) is 21.0 Å². The summed E-state index contributed by atoms with van der Waals surface area (Å²) in [6.45, 7) is 1.92. The number of rotatable bonds is 4. The molecule has 0 aromatic heterocycles. The molecule has 0 aliphatic carbocycles. The fourth-order valence-corrected chi connectivity index (χ4v) is 2.71. The van der Waals surface area contributed by atoms with E-state index >= 15 is 0 Å². The molecule has 0 fully saturated rings. The van der Waals surface area contributed by atoms with Gasteiger partial charge in [0, 0.05) is 5.56 Å². The van der Waals surface area contributed by atoms with Gasteiger partial charge < -0.3 is 16.0 Å². The number of hydrogen-bond donors (Lipinski definition) is 3. The van der Waals surface area contributed by atoms with Gasteiger partial charge in [0.05, 0.1) is 10.7 Å². The Kier molecular flexibility index (Phi) is 7.38. The predicted octanol–water partition coefficient (Wildman–Crippen LogP) is 5.06. The number of alkyl halides is 3. The highest BCUT2D eigenvalue weighted by molar-refractivity contribution is 7.80. The van der Waals surface area contributed by atoms with Crippen molar-refractivity contribution in [3.8, 4) is 0 Å². The minimum absolute atomic E-state index is 0.138. The van der Waals surface area contributed by atoms with Gasteiger partial charge in [0.1, 0.15) is 6.17 Å². The maximum absolute atomic E-state index is 12.4. The third-order valence-electron chi connectivity index (χ3n) is 3.31. The van der Waals surface area contributed by atoms with Crippen LogP contribution in [0.5, 0.6) is 0 Å². The Morgan fingerprint density at radius 2 is 1.65 bits per heavy atom. The molecule has 0 bridgehead atoms. The van der Waals surface area contributed by atoms with Crippen molar-refractivity contribution in [1.82, 2.24) is 10.6 Å². The number of para-hydroxylation sites is 1. The first-order valence-corrected chi connectivity index (χ1v) is 9.35. The first kappa shape index (κ1) is 21.1. The highest BCUT2D eigenvalue weighted by Crippen LogP contribution is 2.29. The largest absolute Gasteiger partial charge is 0.339 e. The summed E-state index contributed by atoms with van der Waals surface area (Å²) in [6.07, 6.45) is -1.07.